The first-order chi connectivity index (χ1) is 7.74. The van der Waals surface area contributed by atoms with Gasteiger partial charge in [-0.2, -0.15) is 0 Å². The van der Waals surface area contributed by atoms with Crippen LogP contribution in [0.4, 0.5) is 0 Å². The number of benzene rings is 1. The summed E-state index contributed by atoms with van der Waals surface area (Å²) in [5.74, 6) is 2.49. The van der Waals surface area contributed by atoms with Crippen LogP contribution in [0.25, 0.3) is 0 Å². The third-order valence-corrected chi connectivity index (χ3v) is 2.39. The average molecular weight is 236 g/mol. The van der Waals surface area contributed by atoms with Crippen LogP contribution in [0, 0.1) is 12.3 Å². The summed E-state index contributed by atoms with van der Waals surface area (Å²) in [5.41, 5.74) is 0.626. The molecule has 0 bridgehead atoms. The fourth-order valence-corrected chi connectivity index (χ4v) is 1.38. The van der Waals surface area contributed by atoms with Crippen LogP contribution in [0.1, 0.15) is 29.6 Å². The molecule has 1 N–H and O–H groups in total. The monoisotopic (exact) mass is 235 g/mol. The van der Waals surface area contributed by atoms with Gasteiger partial charge < -0.3 is 5.32 Å². The topological polar surface area (TPSA) is 29.1 Å². The first-order valence-electron chi connectivity index (χ1n) is 5.21. The summed E-state index contributed by atoms with van der Waals surface area (Å²) in [5, 5.41) is 3.46. The number of carbonyl (C=O) groups excluding carboxylic acids is 1. The average Bonchev–Trinajstić information content (AvgIpc) is 2.29. The molecule has 0 fully saturated rings. The van der Waals surface area contributed by atoms with Gasteiger partial charge in [0.15, 0.2) is 0 Å². The Morgan fingerprint density at radius 2 is 2.00 bits per heavy atom. The van der Waals surface area contributed by atoms with Crippen molar-refractivity contribution in [1.82, 2.24) is 5.32 Å². The van der Waals surface area contributed by atoms with Crippen molar-refractivity contribution in [2.75, 3.05) is 6.54 Å². The van der Waals surface area contributed by atoms with E-state index < -0.39 is 0 Å². The van der Waals surface area contributed by atoms with Gasteiger partial charge >= 0.3 is 0 Å². The highest BCUT2D eigenvalue weighted by molar-refractivity contribution is 6.30. The number of unbranched alkanes of at least 4 members (excludes halogenated alkanes) is 2. The molecule has 3 heteroatoms. The van der Waals surface area contributed by atoms with Gasteiger partial charge in [-0.1, -0.05) is 11.6 Å². The van der Waals surface area contributed by atoms with Crippen molar-refractivity contribution in [1.29, 1.82) is 0 Å². The van der Waals surface area contributed by atoms with Crippen molar-refractivity contribution in [3.05, 3.63) is 34.9 Å². The molecule has 0 heterocycles. The van der Waals surface area contributed by atoms with Crippen molar-refractivity contribution in [3.63, 3.8) is 0 Å². The number of amides is 1. The van der Waals surface area contributed by atoms with Gasteiger partial charge in [-0.3, -0.25) is 4.79 Å². The fourth-order valence-electron chi connectivity index (χ4n) is 1.26. The lowest BCUT2D eigenvalue weighted by atomic mass is 10.2. The van der Waals surface area contributed by atoms with Gasteiger partial charge in [0.05, 0.1) is 0 Å². The molecule has 0 saturated carbocycles. The number of halogens is 1. The first kappa shape index (κ1) is 12.6. The maximum absolute atomic E-state index is 11.6. The van der Waals surface area contributed by atoms with E-state index in [1.807, 2.05) is 0 Å². The quantitative estimate of drug-likeness (QED) is 0.617. The number of terminal acetylenes is 1. The zero-order chi connectivity index (χ0) is 11.8. The number of hydrogen-bond donors (Lipinski definition) is 1. The Labute approximate surface area is 101 Å². The van der Waals surface area contributed by atoms with Crippen molar-refractivity contribution >= 4 is 17.5 Å². The second-order valence-corrected chi connectivity index (χ2v) is 3.86. The molecule has 0 atom stereocenters. The molecule has 0 aliphatic rings. The minimum atomic E-state index is -0.0719. The van der Waals surface area contributed by atoms with Gasteiger partial charge in [0.1, 0.15) is 0 Å². The maximum atomic E-state index is 11.6. The Hall–Kier alpha value is -1.46. The van der Waals surface area contributed by atoms with E-state index in [1.54, 1.807) is 24.3 Å². The van der Waals surface area contributed by atoms with Gasteiger partial charge in [-0.15, -0.1) is 12.3 Å². The number of hydrogen-bond acceptors (Lipinski definition) is 1. The molecule has 1 aromatic carbocycles. The minimum Gasteiger partial charge on any atom is -0.352 e. The Balaban J connectivity index is 2.30. The summed E-state index contributed by atoms with van der Waals surface area (Å²) in [6.07, 6.45) is 7.73. The maximum Gasteiger partial charge on any atom is 0.251 e. The predicted molar refractivity (Wildman–Crippen MR) is 66.5 cm³/mol. The third-order valence-electron chi connectivity index (χ3n) is 2.14. The highest BCUT2D eigenvalue weighted by Crippen LogP contribution is 2.09. The Morgan fingerprint density at radius 1 is 1.31 bits per heavy atom. The number of carbonyl (C=O) groups is 1. The molecule has 1 rings (SSSR count). The highest BCUT2D eigenvalue weighted by Gasteiger charge is 2.03. The second kappa shape index (κ2) is 6.92. The molecule has 0 aliphatic heterocycles. The summed E-state index contributed by atoms with van der Waals surface area (Å²) >= 11 is 5.73. The molecule has 0 aromatic heterocycles. The van der Waals surface area contributed by atoms with Crippen LogP contribution in [0.2, 0.25) is 5.02 Å². The SMILES string of the molecule is C#CCCCCNC(=O)c1ccc(Cl)cc1. The molecule has 1 aromatic rings. The van der Waals surface area contributed by atoms with E-state index in [0.717, 1.165) is 19.3 Å². The molecule has 0 saturated heterocycles. The number of nitrogens with one attached hydrogen (secondary N) is 1. The lowest BCUT2D eigenvalue weighted by Crippen LogP contribution is -2.24. The largest absolute Gasteiger partial charge is 0.352 e. The molecule has 0 radical (unpaired) electrons. The summed E-state index contributed by atoms with van der Waals surface area (Å²) in [4.78, 5) is 11.6. The molecule has 0 spiro atoms. The van der Waals surface area contributed by atoms with Gasteiger partial charge in [0, 0.05) is 23.6 Å². The molecule has 0 aliphatic carbocycles. The highest BCUT2D eigenvalue weighted by atomic mass is 35.5. The molecule has 2 nitrogen and oxygen atoms in total. The van der Waals surface area contributed by atoms with Gasteiger partial charge in [0.25, 0.3) is 5.91 Å². The van der Waals surface area contributed by atoms with Crippen LogP contribution in [0.5, 0.6) is 0 Å². The Bertz CT molecular complexity index is 378. The lowest BCUT2D eigenvalue weighted by molar-refractivity contribution is 0.0953. The van der Waals surface area contributed by atoms with E-state index in [2.05, 4.69) is 11.2 Å². The molecule has 0 unspecified atom stereocenters. The Kier molecular flexibility index (Phi) is 5.45. The van der Waals surface area contributed by atoms with Crippen molar-refractivity contribution < 1.29 is 4.79 Å². The molecule has 1 amide bonds. The summed E-state index contributed by atoms with van der Waals surface area (Å²) in [6.45, 7) is 0.656. The normalized spacial score (nSPS) is 9.50. The third kappa shape index (κ3) is 4.37. The second-order valence-electron chi connectivity index (χ2n) is 3.42. The van der Waals surface area contributed by atoms with Crippen LogP contribution in [0.3, 0.4) is 0 Å². The zero-order valence-corrected chi connectivity index (χ0v) is 9.76. The molecule has 16 heavy (non-hydrogen) atoms. The molecular weight excluding hydrogens is 222 g/mol. The van der Waals surface area contributed by atoms with Crippen LogP contribution in [-0.4, -0.2) is 12.5 Å². The van der Waals surface area contributed by atoms with E-state index in [1.165, 1.54) is 0 Å². The van der Waals surface area contributed by atoms with E-state index >= 15 is 0 Å². The van der Waals surface area contributed by atoms with Gasteiger partial charge in [0.2, 0.25) is 0 Å². The van der Waals surface area contributed by atoms with Crippen LogP contribution < -0.4 is 5.32 Å². The molecule has 84 valence electrons. The van der Waals surface area contributed by atoms with Crippen molar-refractivity contribution in [2.45, 2.75) is 19.3 Å². The summed E-state index contributed by atoms with van der Waals surface area (Å²) in [7, 11) is 0. The minimum absolute atomic E-state index is 0.0719. The first-order valence-corrected chi connectivity index (χ1v) is 5.59. The van der Waals surface area contributed by atoms with Crippen molar-refractivity contribution in [2.24, 2.45) is 0 Å². The van der Waals surface area contributed by atoms with Crippen molar-refractivity contribution in [3.8, 4) is 12.3 Å². The smallest absolute Gasteiger partial charge is 0.251 e. The lowest BCUT2D eigenvalue weighted by Gasteiger charge is -2.04. The van der Waals surface area contributed by atoms with Crippen LogP contribution >= 0.6 is 11.6 Å². The predicted octanol–water partition coefficient (Wildman–Crippen LogP) is 2.87. The summed E-state index contributed by atoms with van der Waals surface area (Å²) in [6, 6.07) is 6.82. The van der Waals surface area contributed by atoms with E-state index in [-0.39, 0.29) is 5.91 Å². The zero-order valence-electron chi connectivity index (χ0n) is 9.00. The number of rotatable bonds is 5. The Morgan fingerprint density at radius 3 is 2.62 bits per heavy atom. The summed E-state index contributed by atoms with van der Waals surface area (Å²) < 4.78 is 0. The fraction of sp³-hybridized carbons (Fsp3) is 0.308. The van der Waals surface area contributed by atoms with E-state index in [4.69, 9.17) is 18.0 Å². The van der Waals surface area contributed by atoms with Gasteiger partial charge in [-0.05, 0) is 37.1 Å². The van der Waals surface area contributed by atoms with Crippen LogP contribution in [-0.2, 0) is 0 Å². The standard InChI is InChI=1S/C13H14ClNO/c1-2-3-4-5-10-15-13(16)11-6-8-12(14)9-7-11/h1,6-9H,3-5,10H2,(H,15,16). The van der Waals surface area contributed by atoms with E-state index in [0.29, 0.717) is 17.1 Å². The molecular formula is C13H14ClNO. The van der Waals surface area contributed by atoms with Crippen LogP contribution in [0.15, 0.2) is 24.3 Å². The van der Waals surface area contributed by atoms with Gasteiger partial charge in [-0.25, -0.2) is 0 Å². The van der Waals surface area contributed by atoms with E-state index in [9.17, 15) is 4.79 Å².